The summed E-state index contributed by atoms with van der Waals surface area (Å²) in [7, 11) is 0. The molecule has 1 aromatic carbocycles. The van der Waals surface area contributed by atoms with Gasteiger partial charge in [0.2, 0.25) is 0 Å². The molecule has 0 spiro atoms. The molecule has 1 aromatic rings. The first-order valence-corrected chi connectivity index (χ1v) is 6.35. The number of nitrogens with two attached hydrogens (primary N) is 1. The van der Waals surface area contributed by atoms with Crippen molar-refractivity contribution in [3.05, 3.63) is 29.0 Å². The molecule has 1 fully saturated rings. The van der Waals surface area contributed by atoms with Crippen molar-refractivity contribution in [2.24, 2.45) is 11.7 Å². The van der Waals surface area contributed by atoms with Gasteiger partial charge in [0.05, 0.1) is 10.7 Å². The van der Waals surface area contributed by atoms with Gasteiger partial charge < -0.3 is 10.6 Å². The molecule has 1 aliphatic heterocycles. The van der Waals surface area contributed by atoms with Crippen molar-refractivity contribution < 1.29 is 4.39 Å². The molecular weight excluding hydrogens is 239 g/mol. The smallest absolute Gasteiger partial charge is 0.124 e. The molecule has 1 aliphatic rings. The Labute approximate surface area is 107 Å². The van der Waals surface area contributed by atoms with E-state index in [9.17, 15) is 4.39 Å². The third-order valence-electron chi connectivity index (χ3n) is 3.85. The van der Waals surface area contributed by atoms with Crippen LogP contribution in [-0.2, 0) is 0 Å². The van der Waals surface area contributed by atoms with Crippen LogP contribution in [-0.4, -0.2) is 18.6 Å². The normalized spacial score (nSPS) is 29.5. The summed E-state index contributed by atoms with van der Waals surface area (Å²) in [5, 5.41) is 0.472. The van der Waals surface area contributed by atoms with Crippen LogP contribution in [0.5, 0.6) is 0 Å². The van der Waals surface area contributed by atoms with Gasteiger partial charge in [0.1, 0.15) is 5.82 Å². The molecule has 3 atom stereocenters. The number of piperidine rings is 1. The summed E-state index contributed by atoms with van der Waals surface area (Å²) in [5.41, 5.74) is 6.95. The fourth-order valence-electron chi connectivity index (χ4n) is 2.45. The zero-order valence-electron chi connectivity index (χ0n) is 10.2. The van der Waals surface area contributed by atoms with Gasteiger partial charge in [-0.15, -0.1) is 0 Å². The molecule has 0 bridgehead atoms. The Bertz CT molecular complexity index is 410. The highest BCUT2D eigenvalue weighted by atomic mass is 35.5. The number of hydrogen-bond donors (Lipinski definition) is 1. The van der Waals surface area contributed by atoms with Gasteiger partial charge in [0.25, 0.3) is 0 Å². The predicted octanol–water partition coefficient (Wildman–Crippen LogP) is 3.04. The molecule has 1 saturated heterocycles. The van der Waals surface area contributed by atoms with Crippen molar-refractivity contribution in [1.82, 2.24) is 0 Å². The minimum atomic E-state index is -0.298. The fraction of sp³-hybridized carbons (Fsp3) is 0.538. The van der Waals surface area contributed by atoms with Gasteiger partial charge in [-0.25, -0.2) is 4.39 Å². The van der Waals surface area contributed by atoms with Crippen LogP contribution in [0.15, 0.2) is 18.2 Å². The summed E-state index contributed by atoms with van der Waals surface area (Å²) >= 11 is 6.10. The molecule has 17 heavy (non-hydrogen) atoms. The van der Waals surface area contributed by atoms with Gasteiger partial charge in [0.15, 0.2) is 0 Å². The van der Waals surface area contributed by atoms with Crippen LogP contribution in [0.4, 0.5) is 10.1 Å². The first-order valence-electron chi connectivity index (χ1n) is 5.98. The average molecular weight is 257 g/mol. The molecule has 4 heteroatoms. The van der Waals surface area contributed by atoms with E-state index in [-0.39, 0.29) is 11.9 Å². The predicted molar refractivity (Wildman–Crippen MR) is 70.0 cm³/mol. The molecule has 2 nitrogen and oxygen atoms in total. The Kier molecular flexibility index (Phi) is 3.59. The van der Waals surface area contributed by atoms with Crippen molar-refractivity contribution in [1.29, 1.82) is 0 Å². The Hall–Kier alpha value is -0.800. The number of benzene rings is 1. The number of anilines is 1. The lowest BCUT2D eigenvalue weighted by Crippen LogP contribution is -2.52. The lowest BCUT2D eigenvalue weighted by atomic mass is 9.87. The maximum Gasteiger partial charge on any atom is 0.124 e. The zero-order valence-corrected chi connectivity index (χ0v) is 10.9. The lowest BCUT2D eigenvalue weighted by Gasteiger charge is -2.43. The summed E-state index contributed by atoms with van der Waals surface area (Å²) in [6, 6.07) is 5.12. The number of rotatable bonds is 1. The van der Waals surface area contributed by atoms with Gasteiger partial charge in [-0.05, 0) is 37.5 Å². The van der Waals surface area contributed by atoms with Crippen LogP contribution < -0.4 is 10.6 Å². The molecule has 0 aromatic heterocycles. The molecule has 0 amide bonds. The van der Waals surface area contributed by atoms with Crippen LogP contribution >= 0.6 is 11.6 Å². The standard InChI is InChI=1S/C13H18ClFN2/c1-8-9(2)17(6-5-12(8)16)13-4-3-10(15)7-11(13)14/h3-4,7-9,12H,5-6,16H2,1-2H3. The molecule has 3 unspecified atom stereocenters. The highest BCUT2D eigenvalue weighted by Crippen LogP contribution is 2.33. The largest absolute Gasteiger partial charge is 0.367 e. The number of nitrogens with zero attached hydrogens (tertiary/aromatic N) is 1. The van der Waals surface area contributed by atoms with Crippen LogP contribution in [0.1, 0.15) is 20.3 Å². The van der Waals surface area contributed by atoms with Crippen molar-refractivity contribution >= 4 is 17.3 Å². The maximum atomic E-state index is 13.0. The first kappa shape index (κ1) is 12.7. The van der Waals surface area contributed by atoms with E-state index in [4.69, 9.17) is 17.3 Å². The topological polar surface area (TPSA) is 29.3 Å². The summed E-state index contributed by atoms with van der Waals surface area (Å²) in [4.78, 5) is 2.22. The second-order valence-corrected chi connectivity index (χ2v) is 5.25. The zero-order chi connectivity index (χ0) is 12.6. The van der Waals surface area contributed by atoms with Crippen molar-refractivity contribution in [3.8, 4) is 0 Å². The summed E-state index contributed by atoms with van der Waals surface area (Å²) in [6.45, 7) is 5.17. The second kappa shape index (κ2) is 4.83. The average Bonchev–Trinajstić information content (AvgIpc) is 2.28. The highest BCUT2D eigenvalue weighted by Gasteiger charge is 2.31. The third kappa shape index (κ3) is 2.40. The lowest BCUT2D eigenvalue weighted by molar-refractivity contribution is 0.315. The SMILES string of the molecule is CC1C(N)CCN(c2ccc(F)cc2Cl)C1C. The Balaban J connectivity index is 2.28. The van der Waals surface area contributed by atoms with E-state index in [1.54, 1.807) is 6.07 Å². The van der Waals surface area contributed by atoms with Crippen LogP contribution in [0, 0.1) is 11.7 Å². The summed E-state index contributed by atoms with van der Waals surface area (Å²) in [6.07, 6.45) is 0.944. The Morgan fingerprint density at radius 3 is 2.76 bits per heavy atom. The van der Waals surface area contributed by atoms with Crippen LogP contribution in [0.25, 0.3) is 0 Å². The van der Waals surface area contributed by atoms with E-state index >= 15 is 0 Å². The van der Waals surface area contributed by atoms with E-state index in [1.807, 2.05) is 0 Å². The van der Waals surface area contributed by atoms with Crippen LogP contribution in [0.2, 0.25) is 5.02 Å². The second-order valence-electron chi connectivity index (χ2n) is 4.84. The number of halogens is 2. The Morgan fingerprint density at radius 2 is 2.12 bits per heavy atom. The quantitative estimate of drug-likeness (QED) is 0.837. The molecule has 94 valence electrons. The monoisotopic (exact) mass is 256 g/mol. The van der Waals surface area contributed by atoms with E-state index in [1.165, 1.54) is 12.1 Å². The van der Waals surface area contributed by atoms with Gasteiger partial charge >= 0.3 is 0 Å². The van der Waals surface area contributed by atoms with Crippen LogP contribution in [0.3, 0.4) is 0 Å². The van der Waals surface area contributed by atoms with E-state index in [0.717, 1.165) is 18.7 Å². The van der Waals surface area contributed by atoms with E-state index < -0.39 is 0 Å². The van der Waals surface area contributed by atoms with E-state index in [0.29, 0.717) is 17.0 Å². The fourth-order valence-corrected chi connectivity index (χ4v) is 2.73. The van der Waals surface area contributed by atoms with Crippen molar-refractivity contribution in [2.45, 2.75) is 32.4 Å². The van der Waals surface area contributed by atoms with Gasteiger partial charge in [-0.3, -0.25) is 0 Å². The Morgan fingerprint density at radius 1 is 1.41 bits per heavy atom. The minimum Gasteiger partial charge on any atom is -0.367 e. The molecular formula is C13H18ClFN2. The molecule has 1 heterocycles. The van der Waals surface area contributed by atoms with Gasteiger partial charge in [-0.1, -0.05) is 18.5 Å². The maximum absolute atomic E-state index is 13.0. The first-order chi connectivity index (χ1) is 8.00. The molecule has 0 aliphatic carbocycles. The van der Waals surface area contributed by atoms with Crippen molar-refractivity contribution in [2.75, 3.05) is 11.4 Å². The molecule has 2 rings (SSSR count). The highest BCUT2D eigenvalue weighted by molar-refractivity contribution is 6.33. The van der Waals surface area contributed by atoms with Gasteiger partial charge in [0, 0.05) is 18.6 Å². The van der Waals surface area contributed by atoms with Gasteiger partial charge in [-0.2, -0.15) is 0 Å². The third-order valence-corrected chi connectivity index (χ3v) is 4.15. The van der Waals surface area contributed by atoms with Crippen molar-refractivity contribution in [3.63, 3.8) is 0 Å². The molecule has 0 saturated carbocycles. The molecule has 2 N–H and O–H groups in total. The minimum absolute atomic E-state index is 0.237. The molecule has 0 radical (unpaired) electrons. The van der Waals surface area contributed by atoms with E-state index in [2.05, 4.69) is 18.7 Å². The summed E-state index contributed by atoms with van der Waals surface area (Å²) < 4.78 is 13.0. The summed E-state index contributed by atoms with van der Waals surface area (Å²) in [5.74, 6) is 0.109. The number of hydrogen-bond acceptors (Lipinski definition) is 2.